The first-order chi connectivity index (χ1) is 8.52. The van der Waals surface area contributed by atoms with Crippen LogP contribution in [0.5, 0.6) is 11.5 Å². The van der Waals surface area contributed by atoms with Crippen molar-refractivity contribution in [3.8, 4) is 11.5 Å². The Hall–Kier alpha value is -2.22. The smallest absolute Gasteiger partial charge is 0.115 e. The van der Waals surface area contributed by atoms with E-state index in [0.717, 1.165) is 0 Å². The molecule has 0 atom stereocenters. The maximum Gasteiger partial charge on any atom is 0.115 e. The molecule has 18 heavy (non-hydrogen) atoms. The quantitative estimate of drug-likeness (QED) is 0.676. The minimum absolute atomic E-state index is 0.322. The summed E-state index contributed by atoms with van der Waals surface area (Å²) in [7, 11) is 0. The number of para-hydroxylation sites is 2. The lowest BCUT2D eigenvalue weighted by molar-refractivity contribution is 0.475. The van der Waals surface area contributed by atoms with E-state index in [0.29, 0.717) is 11.5 Å². The Morgan fingerprint density at radius 2 is 0.944 bits per heavy atom. The van der Waals surface area contributed by atoms with Crippen LogP contribution in [0.4, 0.5) is 0 Å². The Bertz CT molecular complexity index is 380. The highest BCUT2D eigenvalue weighted by atomic mass is 16.3. The molecule has 2 aromatic rings. The Morgan fingerprint density at radius 1 is 0.722 bits per heavy atom. The Labute approximate surface area is 109 Å². The highest BCUT2D eigenvalue weighted by Crippen LogP contribution is 2.03. The second-order valence-corrected chi connectivity index (χ2v) is 3.88. The van der Waals surface area contributed by atoms with Crippen molar-refractivity contribution in [3.63, 3.8) is 0 Å². The van der Waals surface area contributed by atoms with Gasteiger partial charge in [-0.15, -0.1) is 6.58 Å². The van der Waals surface area contributed by atoms with Crippen LogP contribution in [0.1, 0.15) is 13.8 Å². The summed E-state index contributed by atoms with van der Waals surface area (Å²) in [6.07, 6.45) is 0. The van der Waals surface area contributed by atoms with Gasteiger partial charge in [0.1, 0.15) is 11.5 Å². The molecule has 2 heteroatoms. The number of hydrogen-bond acceptors (Lipinski definition) is 2. The third-order valence-electron chi connectivity index (χ3n) is 1.51. The van der Waals surface area contributed by atoms with E-state index >= 15 is 0 Å². The van der Waals surface area contributed by atoms with E-state index in [1.165, 1.54) is 5.57 Å². The molecule has 0 aromatic heterocycles. The van der Waals surface area contributed by atoms with E-state index in [1.807, 2.05) is 26.0 Å². The zero-order valence-electron chi connectivity index (χ0n) is 10.9. The van der Waals surface area contributed by atoms with Gasteiger partial charge in [0.15, 0.2) is 0 Å². The molecule has 2 nitrogen and oxygen atoms in total. The lowest BCUT2D eigenvalue weighted by Gasteiger charge is -1.82. The van der Waals surface area contributed by atoms with Crippen LogP contribution in [0.2, 0.25) is 0 Å². The summed E-state index contributed by atoms with van der Waals surface area (Å²) in [5.41, 5.74) is 1.17. The lowest BCUT2D eigenvalue weighted by atomic mass is 10.3. The second-order valence-electron chi connectivity index (χ2n) is 3.88. The molecule has 2 aromatic carbocycles. The van der Waals surface area contributed by atoms with Crippen molar-refractivity contribution >= 4 is 0 Å². The van der Waals surface area contributed by atoms with Crippen molar-refractivity contribution in [1.82, 2.24) is 0 Å². The van der Waals surface area contributed by atoms with Gasteiger partial charge in [0.2, 0.25) is 0 Å². The third-order valence-corrected chi connectivity index (χ3v) is 1.51. The zero-order valence-corrected chi connectivity index (χ0v) is 10.9. The maximum atomic E-state index is 8.63. The summed E-state index contributed by atoms with van der Waals surface area (Å²) in [5, 5.41) is 17.3. The third kappa shape index (κ3) is 11.9. The molecule has 0 aliphatic carbocycles. The minimum atomic E-state index is 0.322. The summed E-state index contributed by atoms with van der Waals surface area (Å²) >= 11 is 0. The molecule has 0 fully saturated rings. The van der Waals surface area contributed by atoms with Gasteiger partial charge in [0, 0.05) is 0 Å². The number of hydrogen-bond donors (Lipinski definition) is 2. The van der Waals surface area contributed by atoms with E-state index in [2.05, 4.69) is 6.58 Å². The van der Waals surface area contributed by atoms with Gasteiger partial charge in [-0.3, -0.25) is 0 Å². The number of phenols is 2. The fourth-order valence-electron chi connectivity index (χ4n) is 0.856. The van der Waals surface area contributed by atoms with Crippen molar-refractivity contribution in [3.05, 3.63) is 72.8 Å². The number of allylic oxidation sites excluding steroid dienone is 1. The van der Waals surface area contributed by atoms with Gasteiger partial charge in [-0.2, -0.15) is 0 Å². The largest absolute Gasteiger partial charge is 0.508 e. The van der Waals surface area contributed by atoms with Gasteiger partial charge >= 0.3 is 0 Å². The first-order valence-electron chi connectivity index (χ1n) is 5.62. The van der Waals surface area contributed by atoms with Crippen molar-refractivity contribution < 1.29 is 10.2 Å². The van der Waals surface area contributed by atoms with Crippen LogP contribution < -0.4 is 0 Å². The molecule has 0 saturated heterocycles. The molecule has 0 amide bonds. The first-order valence-corrected chi connectivity index (χ1v) is 5.62. The summed E-state index contributed by atoms with van der Waals surface area (Å²) in [6.45, 7) is 7.50. The maximum absolute atomic E-state index is 8.63. The van der Waals surface area contributed by atoms with Gasteiger partial charge < -0.3 is 10.2 Å². The molecule has 2 N–H and O–H groups in total. The van der Waals surface area contributed by atoms with Gasteiger partial charge in [-0.05, 0) is 38.1 Å². The summed E-state index contributed by atoms with van der Waals surface area (Å²) in [5.74, 6) is 0.644. The number of phenolic OH excluding ortho intramolecular Hbond substituents is 2. The second kappa shape index (κ2) is 9.97. The summed E-state index contributed by atoms with van der Waals surface area (Å²) in [4.78, 5) is 0. The van der Waals surface area contributed by atoms with Crippen molar-refractivity contribution in [2.24, 2.45) is 0 Å². The average Bonchev–Trinajstić information content (AvgIpc) is 2.31. The van der Waals surface area contributed by atoms with Crippen molar-refractivity contribution in [2.45, 2.75) is 13.8 Å². The highest BCUT2D eigenvalue weighted by molar-refractivity contribution is 5.19. The zero-order chi connectivity index (χ0) is 13.8. The lowest BCUT2D eigenvalue weighted by Crippen LogP contribution is -1.56. The Morgan fingerprint density at radius 3 is 1.06 bits per heavy atom. The van der Waals surface area contributed by atoms with Gasteiger partial charge in [0.25, 0.3) is 0 Å². The minimum Gasteiger partial charge on any atom is -0.508 e. The van der Waals surface area contributed by atoms with Gasteiger partial charge in [-0.1, -0.05) is 42.0 Å². The monoisotopic (exact) mass is 244 g/mol. The predicted molar refractivity (Wildman–Crippen MR) is 76.7 cm³/mol. The van der Waals surface area contributed by atoms with Gasteiger partial charge in [-0.25, -0.2) is 0 Å². The Kier molecular flexibility index (Phi) is 8.74. The molecule has 0 bridgehead atoms. The van der Waals surface area contributed by atoms with Crippen LogP contribution in [-0.2, 0) is 0 Å². The van der Waals surface area contributed by atoms with Gasteiger partial charge in [0.05, 0.1) is 0 Å². The molecule has 0 saturated carbocycles. The van der Waals surface area contributed by atoms with Crippen molar-refractivity contribution in [1.29, 1.82) is 0 Å². The molecule has 0 heterocycles. The summed E-state index contributed by atoms with van der Waals surface area (Å²) < 4.78 is 0. The molecule has 0 spiro atoms. The first kappa shape index (κ1) is 15.8. The van der Waals surface area contributed by atoms with Crippen LogP contribution in [0, 0.1) is 0 Å². The van der Waals surface area contributed by atoms with Crippen LogP contribution in [0.25, 0.3) is 0 Å². The predicted octanol–water partition coefficient (Wildman–Crippen LogP) is 4.37. The molecular weight excluding hydrogens is 224 g/mol. The molecular formula is C16H20O2. The van der Waals surface area contributed by atoms with Crippen LogP contribution in [0.15, 0.2) is 72.8 Å². The molecule has 0 unspecified atom stereocenters. The molecule has 96 valence electrons. The van der Waals surface area contributed by atoms with Crippen LogP contribution in [0.3, 0.4) is 0 Å². The normalized spacial score (nSPS) is 8.11. The number of rotatable bonds is 0. The van der Waals surface area contributed by atoms with E-state index in [-0.39, 0.29) is 0 Å². The SMILES string of the molecule is C=C(C)C.Oc1ccccc1.Oc1ccccc1. The number of aromatic hydroxyl groups is 2. The Balaban J connectivity index is 0.000000253. The van der Waals surface area contributed by atoms with Crippen LogP contribution in [-0.4, -0.2) is 10.2 Å². The van der Waals surface area contributed by atoms with E-state index < -0.39 is 0 Å². The fraction of sp³-hybridized carbons (Fsp3) is 0.125. The van der Waals surface area contributed by atoms with Crippen LogP contribution >= 0.6 is 0 Å². The molecule has 0 radical (unpaired) electrons. The molecule has 0 aliphatic heterocycles. The van der Waals surface area contributed by atoms with E-state index in [4.69, 9.17) is 10.2 Å². The average molecular weight is 244 g/mol. The summed E-state index contributed by atoms with van der Waals surface area (Å²) in [6, 6.07) is 17.4. The standard InChI is InChI=1S/2C6H6O.C4H8/c2*7-6-4-2-1-3-5-6;1-4(2)3/h2*1-5,7H;1H2,2-3H3. The molecule has 0 aliphatic rings. The van der Waals surface area contributed by atoms with Crippen molar-refractivity contribution in [2.75, 3.05) is 0 Å². The fourth-order valence-corrected chi connectivity index (χ4v) is 0.856. The highest BCUT2D eigenvalue weighted by Gasteiger charge is 1.75. The molecule has 2 rings (SSSR count). The topological polar surface area (TPSA) is 40.5 Å². The van der Waals surface area contributed by atoms with E-state index in [1.54, 1.807) is 48.5 Å². The van der Waals surface area contributed by atoms with E-state index in [9.17, 15) is 0 Å². The number of benzene rings is 2.